The zero-order valence-corrected chi connectivity index (χ0v) is 13.7. The van der Waals surface area contributed by atoms with Gasteiger partial charge in [-0.3, -0.25) is 9.59 Å². The van der Waals surface area contributed by atoms with Crippen LogP contribution in [-0.4, -0.2) is 39.0 Å². The van der Waals surface area contributed by atoms with E-state index in [0.29, 0.717) is 0 Å². The first-order valence-electron chi connectivity index (χ1n) is 6.66. The molecule has 1 atom stereocenters. The minimum absolute atomic E-state index is 0.237. The van der Waals surface area contributed by atoms with Crippen molar-refractivity contribution in [3.05, 3.63) is 29.8 Å². The SMILES string of the molecule is CC(=N)C(C#N)C(=O)COC(=O)CNS(=O)(=O)c1c(F)cccc1F. The van der Waals surface area contributed by atoms with Crippen LogP contribution in [0, 0.1) is 34.3 Å². The Labute approximate surface area is 142 Å². The molecule has 0 saturated carbocycles. The average Bonchev–Trinajstić information content (AvgIpc) is 2.51. The maximum atomic E-state index is 13.5. The summed E-state index contributed by atoms with van der Waals surface area (Å²) >= 11 is 0. The standard InChI is InChI=1S/C14H13F2N3O5S/c1-8(18)9(5-17)12(20)7-24-13(21)6-19-25(22,23)14-10(15)3-2-4-11(14)16/h2-4,9,18-19H,6-7H2,1H3. The number of ether oxygens (including phenoxy) is 1. The van der Waals surface area contributed by atoms with Crippen molar-refractivity contribution in [2.75, 3.05) is 13.2 Å². The number of nitrogens with zero attached hydrogens (tertiary/aromatic N) is 1. The van der Waals surface area contributed by atoms with Crippen LogP contribution in [0.4, 0.5) is 8.78 Å². The molecule has 0 amide bonds. The van der Waals surface area contributed by atoms with E-state index in [0.717, 1.165) is 18.2 Å². The van der Waals surface area contributed by atoms with Crippen LogP contribution in [0.5, 0.6) is 0 Å². The third-order valence-corrected chi connectivity index (χ3v) is 4.31. The highest BCUT2D eigenvalue weighted by molar-refractivity contribution is 7.89. The summed E-state index contributed by atoms with van der Waals surface area (Å²) in [5.74, 6) is -6.11. The summed E-state index contributed by atoms with van der Waals surface area (Å²) < 4.78 is 56.7. The monoisotopic (exact) mass is 373 g/mol. The number of hydrogen-bond donors (Lipinski definition) is 2. The molecule has 25 heavy (non-hydrogen) atoms. The summed E-state index contributed by atoms with van der Waals surface area (Å²) in [7, 11) is -4.66. The molecule has 1 rings (SSSR count). The largest absolute Gasteiger partial charge is 0.457 e. The molecule has 134 valence electrons. The molecular formula is C14H13F2N3O5S. The van der Waals surface area contributed by atoms with Crippen molar-refractivity contribution in [1.29, 1.82) is 10.7 Å². The minimum atomic E-state index is -4.66. The van der Waals surface area contributed by atoms with E-state index in [2.05, 4.69) is 4.74 Å². The quantitative estimate of drug-likeness (QED) is 0.504. The summed E-state index contributed by atoms with van der Waals surface area (Å²) in [6.07, 6.45) is 0. The van der Waals surface area contributed by atoms with Crippen molar-refractivity contribution in [3.63, 3.8) is 0 Å². The van der Waals surface area contributed by atoms with E-state index in [1.807, 2.05) is 0 Å². The second kappa shape index (κ2) is 8.41. The Morgan fingerprint density at radius 1 is 1.36 bits per heavy atom. The molecule has 1 aromatic rings. The molecule has 1 unspecified atom stereocenters. The van der Waals surface area contributed by atoms with E-state index >= 15 is 0 Å². The Morgan fingerprint density at radius 2 is 1.92 bits per heavy atom. The van der Waals surface area contributed by atoms with Crippen molar-refractivity contribution < 1.29 is 31.5 Å². The maximum absolute atomic E-state index is 13.5. The molecule has 1 aromatic carbocycles. The molecule has 0 aliphatic rings. The predicted octanol–water partition coefficient (Wildman–Crippen LogP) is 0.535. The van der Waals surface area contributed by atoms with Gasteiger partial charge in [0.05, 0.1) is 6.07 Å². The van der Waals surface area contributed by atoms with Gasteiger partial charge in [0.15, 0.2) is 17.3 Å². The third kappa shape index (κ3) is 5.40. The van der Waals surface area contributed by atoms with Gasteiger partial charge in [0.25, 0.3) is 0 Å². The Hall–Kier alpha value is -2.71. The zero-order valence-electron chi connectivity index (χ0n) is 12.9. The van der Waals surface area contributed by atoms with Gasteiger partial charge in [-0.2, -0.15) is 9.98 Å². The number of halogens is 2. The number of hydrogen-bond acceptors (Lipinski definition) is 7. The van der Waals surface area contributed by atoms with Gasteiger partial charge < -0.3 is 10.1 Å². The first-order chi connectivity index (χ1) is 11.6. The fourth-order valence-electron chi connectivity index (χ4n) is 1.66. The average molecular weight is 373 g/mol. The van der Waals surface area contributed by atoms with E-state index in [9.17, 15) is 26.8 Å². The smallest absolute Gasteiger partial charge is 0.321 e. The number of benzene rings is 1. The molecule has 0 aliphatic heterocycles. The molecular weight excluding hydrogens is 360 g/mol. The Morgan fingerprint density at radius 3 is 2.40 bits per heavy atom. The van der Waals surface area contributed by atoms with Crippen LogP contribution < -0.4 is 4.72 Å². The number of esters is 1. The highest BCUT2D eigenvalue weighted by Crippen LogP contribution is 2.17. The van der Waals surface area contributed by atoms with Gasteiger partial charge in [0, 0.05) is 5.71 Å². The summed E-state index contributed by atoms with van der Waals surface area (Å²) in [4.78, 5) is 21.8. The fraction of sp³-hybridized carbons (Fsp3) is 0.286. The number of Topliss-reactive ketones (excluding diaryl/α,β-unsaturated/α-hetero) is 1. The van der Waals surface area contributed by atoms with Gasteiger partial charge in [0.1, 0.15) is 24.1 Å². The number of ketones is 1. The van der Waals surface area contributed by atoms with Crippen molar-refractivity contribution >= 4 is 27.5 Å². The van der Waals surface area contributed by atoms with Crippen molar-refractivity contribution in [3.8, 4) is 6.07 Å². The molecule has 0 aliphatic carbocycles. The molecule has 0 fully saturated rings. The lowest BCUT2D eigenvalue weighted by molar-refractivity contribution is -0.146. The Bertz CT molecular complexity index is 828. The summed E-state index contributed by atoms with van der Waals surface area (Å²) in [5.41, 5.74) is -0.237. The summed E-state index contributed by atoms with van der Waals surface area (Å²) in [6.45, 7) is -0.599. The van der Waals surface area contributed by atoms with Gasteiger partial charge in [-0.25, -0.2) is 17.2 Å². The molecule has 0 spiro atoms. The lowest BCUT2D eigenvalue weighted by Crippen LogP contribution is -2.33. The van der Waals surface area contributed by atoms with Crippen LogP contribution in [0.3, 0.4) is 0 Å². The number of carbonyl (C=O) groups is 2. The number of rotatable bonds is 8. The molecule has 2 N–H and O–H groups in total. The molecule has 8 nitrogen and oxygen atoms in total. The number of nitriles is 1. The van der Waals surface area contributed by atoms with Gasteiger partial charge in [-0.1, -0.05) is 6.07 Å². The van der Waals surface area contributed by atoms with E-state index < -0.39 is 57.4 Å². The molecule has 11 heteroatoms. The van der Waals surface area contributed by atoms with Crippen LogP contribution in [0.2, 0.25) is 0 Å². The van der Waals surface area contributed by atoms with Crippen LogP contribution >= 0.6 is 0 Å². The third-order valence-electron chi connectivity index (χ3n) is 2.85. The first-order valence-corrected chi connectivity index (χ1v) is 8.15. The molecule has 0 bridgehead atoms. The van der Waals surface area contributed by atoms with Crippen LogP contribution in [0.1, 0.15) is 6.92 Å². The fourth-order valence-corrected chi connectivity index (χ4v) is 2.76. The van der Waals surface area contributed by atoms with Gasteiger partial charge in [-0.15, -0.1) is 0 Å². The van der Waals surface area contributed by atoms with E-state index in [4.69, 9.17) is 10.7 Å². The predicted molar refractivity (Wildman–Crippen MR) is 80.0 cm³/mol. The molecule has 0 radical (unpaired) electrons. The zero-order chi connectivity index (χ0) is 19.2. The van der Waals surface area contributed by atoms with Crippen molar-refractivity contribution in [1.82, 2.24) is 4.72 Å². The lowest BCUT2D eigenvalue weighted by Gasteiger charge is -2.09. The summed E-state index contributed by atoms with van der Waals surface area (Å²) in [5, 5.41) is 15.9. The molecule has 0 saturated heterocycles. The van der Waals surface area contributed by atoms with Crippen LogP contribution in [0.25, 0.3) is 0 Å². The highest BCUT2D eigenvalue weighted by Gasteiger charge is 2.25. The molecule has 0 heterocycles. The van der Waals surface area contributed by atoms with Gasteiger partial charge >= 0.3 is 5.97 Å². The number of carbonyl (C=O) groups excluding carboxylic acids is 2. The van der Waals surface area contributed by atoms with Crippen LogP contribution in [0.15, 0.2) is 23.1 Å². The normalized spacial score (nSPS) is 12.1. The van der Waals surface area contributed by atoms with E-state index in [1.165, 1.54) is 6.92 Å². The number of nitrogens with one attached hydrogen (secondary N) is 2. The van der Waals surface area contributed by atoms with E-state index in [-0.39, 0.29) is 5.71 Å². The highest BCUT2D eigenvalue weighted by atomic mass is 32.2. The minimum Gasteiger partial charge on any atom is -0.457 e. The van der Waals surface area contributed by atoms with Crippen molar-refractivity contribution in [2.45, 2.75) is 11.8 Å². The number of sulfonamides is 1. The summed E-state index contributed by atoms with van der Waals surface area (Å²) in [6, 6.07) is 3.99. The maximum Gasteiger partial charge on any atom is 0.321 e. The lowest BCUT2D eigenvalue weighted by atomic mass is 10.0. The topological polar surface area (TPSA) is 137 Å². The van der Waals surface area contributed by atoms with Crippen LogP contribution in [-0.2, 0) is 24.3 Å². The van der Waals surface area contributed by atoms with Gasteiger partial charge in [0.2, 0.25) is 10.0 Å². The second-order valence-electron chi connectivity index (χ2n) is 4.75. The first kappa shape index (κ1) is 20.3. The Kier molecular flexibility index (Phi) is 6.84. The molecule has 0 aromatic heterocycles. The van der Waals surface area contributed by atoms with Crippen molar-refractivity contribution in [2.24, 2.45) is 5.92 Å². The van der Waals surface area contributed by atoms with E-state index in [1.54, 1.807) is 10.8 Å². The second-order valence-corrected chi connectivity index (χ2v) is 6.45. The van der Waals surface area contributed by atoms with Gasteiger partial charge in [-0.05, 0) is 19.1 Å². The Balaban J connectivity index is 2.67.